The molecule has 0 N–H and O–H groups in total. The van der Waals surface area contributed by atoms with Gasteiger partial charge in [-0.1, -0.05) is 0 Å². The summed E-state index contributed by atoms with van der Waals surface area (Å²) in [5, 5.41) is 0. The highest BCUT2D eigenvalue weighted by Crippen LogP contribution is 2.20. The molecule has 126 valence electrons. The molecule has 1 aromatic carbocycles. The lowest BCUT2D eigenvalue weighted by Gasteiger charge is -2.36. The predicted octanol–water partition coefficient (Wildman–Crippen LogP) is 0.601. The molecule has 1 amide bonds. The monoisotopic (exact) mass is 328 g/mol. The molecule has 2 aromatic rings. The van der Waals surface area contributed by atoms with E-state index in [0.29, 0.717) is 13.1 Å². The summed E-state index contributed by atoms with van der Waals surface area (Å²) in [6.45, 7) is 2.84. The highest BCUT2D eigenvalue weighted by Gasteiger charge is 2.21. The van der Waals surface area contributed by atoms with Crippen LogP contribution in [0.3, 0.4) is 0 Å². The van der Waals surface area contributed by atoms with E-state index in [9.17, 15) is 9.59 Å². The fraction of sp³-hybridized carbons (Fsp3) is 0.353. The number of ether oxygens (including phenoxy) is 1. The number of carbonyl (C=O) groups excluding carboxylic acids is 1. The van der Waals surface area contributed by atoms with Gasteiger partial charge in [-0.3, -0.25) is 14.2 Å². The first-order valence-electron chi connectivity index (χ1n) is 7.84. The molecule has 0 saturated carbocycles. The second kappa shape index (κ2) is 7.16. The van der Waals surface area contributed by atoms with Crippen molar-refractivity contribution < 1.29 is 9.53 Å². The van der Waals surface area contributed by atoms with Gasteiger partial charge in [0.1, 0.15) is 12.3 Å². The molecular weight excluding hydrogens is 308 g/mol. The van der Waals surface area contributed by atoms with Crippen molar-refractivity contribution in [3.63, 3.8) is 0 Å². The third kappa shape index (κ3) is 3.56. The maximum atomic E-state index is 12.3. The fourth-order valence-electron chi connectivity index (χ4n) is 2.75. The molecule has 1 aliphatic heterocycles. The zero-order chi connectivity index (χ0) is 16.9. The van der Waals surface area contributed by atoms with E-state index in [4.69, 9.17) is 4.74 Å². The molecule has 1 fully saturated rings. The third-order valence-corrected chi connectivity index (χ3v) is 4.17. The Bertz CT molecular complexity index is 749. The van der Waals surface area contributed by atoms with Crippen LogP contribution in [0.25, 0.3) is 0 Å². The number of nitrogens with zero attached hydrogens (tertiary/aromatic N) is 4. The van der Waals surface area contributed by atoms with Crippen molar-refractivity contribution in [3.8, 4) is 5.75 Å². The van der Waals surface area contributed by atoms with Gasteiger partial charge in [0, 0.05) is 44.1 Å². The fourth-order valence-corrected chi connectivity index (χ4v) is 2.75. The summed E-state index contributed by atoms with van der Waals surface area (Å²) in [5.74, 6) is 0.772. The first kappa shape index (κ1) is 16.0. The molecule has 0 unspecified atom stereocenters. The van der Waals surface area contributed by atoms with E-state index in [1.807, 2.05) is 24.3 Å². The average molecular weight is 328 g/mol. The second-order valence-corrected chi connectivity index (χ2v) is 5.61. The number of methoxy groups -OCH3 is 1. The molecule has 7 heteroatoms. The van der Waals surface area contributed by atoms with Gasteiger partial charge in [-0.2, -0.15) is 0 Å². The van der Waals surface area contributed by atoms with Crippen molar-refractivity contribution >= 4 is 11.6 Å². The molecule has 1 aromatic heterocycles. The van der Waals surface area contributed by atoms with Crippen LogP contribution >= 0.6 is 0 Å². The number of piperazine rings is 1. The van der Waals surface area contributed by atoms with Crippen molar-refractivity contribution in [2.45, 2.75) is 6.54 Å². The van der Waals surface area contributed by atoms with Crippen LogP contribution in [-0.4, -0.2) is 53.6 Å². The molecule has 0 spiro atoms. The van der Waals surface area contributed by atoms with Crippen molar-refractivity contribution in [1.82, 2.24) is 14.5 Å². The number of anilines is 1. The van der Waals surface area contributed by atoms with Crippen molar-refractivity contribution in [1.29, 1.82) is 0 Å². The summed E-state index contributed by atoms with van der Waals surface area (Å²) in [6, 6.07) is 9.26. The van der Waals surface area contributed by atoms with E-state index in [0.717, 1.165) is 24.5 Å². The standard InChI is InChI=1S/C17H20N4O3/c1-24-15-4-2-14(3-5-15)19-8-10-20(11-9-19)17(23)12-21-13-18-7-6-16(21)22/h2-7,13H,8-12H2,1H3. The number of amides is 1. The Morgan fingerprint density at radius 2 is 1.83 bits per heavy atom. The van der Waals surface area contributed by atoms with Crippen LogP contribution in [0, 0.1) is 0 Å². The van der Waals surface area contributed by atoms with Gasteiger partial charge in [-0.15, -0.1) is 0 Å². The lowest BCUT2D eigenvalue weighted by Crippen LogP contribution is -2.50. The van der Waals surface area contributed by atoms with E-state index in [-0.39, 0.29) is 18.0 Å². The Kier molecular flexibility index (Phi) is 4.79. The van der Waals surface area contributed by atoms with Gasteiger partial charge in [0.15, 0.2) is 0 Å². The quantitative estimate of drug-likeness (QED) is 0.822. The van der Waals surface area contributed by atoms with Gasteiger partial charge < -0.3 is 14.5 Å². The molecule has 0 aliphatic carbocycles. The Balaban J connectivity index is 1.57. The van der Waals surface area contributed by atoms with E-state index in [1.54, 1.807) is 12.0 Å². The number of hydrogen-bond donors (Lipinski definition) is 0. The molecular formula is C17H20N4O3. The van der Waals surface area contributed by atoms with Gasteiger partial charge in [0.2, 0.25) is 5.91 Å². The Hall–Kier alpha value is -2.83. The Labute approximate surface area is 140 Å². The van der Waals surface area contributed by atoms with Crippen LogP contribution in [0.15, 0.2) is 47.7 Å². The number of aromatic nitrogens is 2. The minimum Gasteiger partial charge on any atom is -0.497 e. The van der Waals surface area contributed by atoms with E-state index < -0.39 is 0 Å². The first-order chi connectivity index (χ1) is 11.7. The van der Waals surface area contributed by atoms with Crippen molar-refractivity contribution in [2.24, 2.45) is 0 Å². The smallest absolute Gasteiger partial charge is 0.253 e. The minimum absolute atomic E-state index is 0.0369. The lowest BCUT2D eigenvalue weighted by atomic mass is 10.2. The second-order valence-electron chi connectivity index (χ2n) is 5.61. The summed E-state index contributed by atoms with van der Waals surface area (Å²) in [7, 11) is 1.65. The molecule has 3 rings (SSSR count). The molecule has 0 atom stereocenters. The summed E-state index contributed by atoms with van der Waals surface area (Å²) in [6.07, 6.45) is 2.82. The zero-order valence-electron chi connectivity index (χ0n) is 13.6. The summed E-state index contributed by atoms with van der Waals surface area (Å²) >= 11 is 0. The van der Waals surface area contributed by atoms with Gasteiger partial charge in [0.05, 0.1) is 13.4 Å². The van der Waals surface area contributed by atoms with E-state index >= 15 is 0 Å². The summed E-state index contributed by atoms with van der Waals surface area (Å²) in [4.78, 5) is 31.9. The minimum atomic E-state index is -0.213. The molecule has 1 aliphatic rings. The SMILES string of the molecule is COc1ccc(N2CCN(C(=O)Cn3cnccc3=O)CC2)cc1. The summed E-state index contributed by atoms with van der Waals surface area (Å²) in [5.41, 5.74) is 0.904. The third-order valence-electron chi connectivity index (χ3n) is 4.17. The maximum absolute atomic E-state index is 12.3. The Morgan fingerprint density at radius 1 is 1.12 bits per heavy atom. The Morgan fingerprint density at radius 3 is 2.46 bits per heavy atom. The van der Waals surface area contributed by atoms with Crippen LogP contribution in [0.2, 0.25) is 0 Å². The molecule has 1 saturated heterocycles. The van der Waals surface area contributed by atoms with Crippen molar-refractivity contribution in [2.75, 3.05) is 38.2 Å². The van der Waals surface area contributed by atoms with Crippen LogP contribution < -0.4 is 15.2 Å². The molecule has 24 heavy (non-hydrogen) atoms. The number of carbonyl (C=O) groups is 1. The van der Waals surface area contributed by atoms with Crippen LogP contribution in [0.5, 0.6) is 5.75 Å². The largest absolute Gasteiger partial charge is 0.497 e. The van der Waals surface area contributed by atoms with Crippen LogP contribution in [-0.2, 0) is 11.3 Å². The van der Waals surface area contributed by atoms with Gasteiger partial charge in [-0.05, 0) is 24.3 Å². The van der Waals surface area contributed by atoms with Crippen LogP contribution in [0.1, 0.15) is 0 Å². The average Bonchev–Trinajstić information content (AvgIpc) is 2.64. The predicted molar refractivity (Wildman–Crippen MR) is 90.3 cm³/mol. The number of benzene rings is 1. The van der Waals surface area contributed by atoms with Gasteiger partial charge >= 0.3 is 0 Å². The highest BCUT2D eigenvalue weighted by atomic mass is 16.5. The topological polar surface area (TPSA) is 67.7 Å². The van der Waals surface area contributed by atoms with E-state index in [2.05, 4.69) is 9.88 Å². The van der Waals surface area contributed by atoms with E-state index in [1.165, 1.54) is 23.2 Å². The first-order valence-corrected chi connectivity index (χ1v) is 7.84. The van der Waals surface area contributed by atoms with Gasteiger partial charge in [-0.25, -0.2) is 4.98 Å². The summed E-state index contributed by atoms with van der Waals surface area (Å²) < 4.78 is 6.50. The maximum Gasteiger partial charge on any atom is 0.253 e. The molecule has 0 radical (unpaired) electrons. The molecule has 7 nitrogen and oxygen atoms in total. The number of rotatable bonds is 4. The highest BCUT2D eigenvalue weighted by molar-refractivity contribution is 5.76. The molecule has 2 heterocycles. The normalized spacial score (nSPS) is 14.5. The zero-order valence-corrected chi connectivity index (χ0v) is 13.6. The number of hydrogen-bond acceptors (Lipinski definition) is 5. The van der Waals surface area contributed by atoms with Gasteiger partial charge in [0.25, 0.3) is 5.56 Å². The molecule has 0 bridgehead atoms. The van der Waals surface area contributed by atoms with Crippen LogP contribution in [0.4, 0.5) is 5.69 Å². The lowest BCUT2D eigenvalue weighted by molar-refractivity contribution is -0.132. The van der Waals surface area contributed by atoms with Crippen molar-refractivity contribution in [3.05, 3.63) is 53.2 Å².